The Labute approximate surface area is 82.3 Å². The minimum absolute atomic E-state index is 0.345. The van der Waals surface area contributed by atoms with Gasteiger partial charge >= 0.3 is 5.97 Å². The van der Waals surface area contributed by atoms with Crippen molar-refractivity contribution in [2.24, 2.45) is 0 Å². The van der Waals surface area contributed by atoms with Crippen LogP contribution in [0.4, 0.5) is 14.5 Å². The van der Waals surface area contributed by atoms with Crippen LogP contribution in [0.1, 0.15) is 22.5 Å². The van der Waals surface area contributed by atoms with E-state index >= 15 is 0 Å². The highest BCUT2D eigenvalue weighted by molar-refractivity contribution is 6.31. The van der Waals surface area contributed by atoms with Crippen LogP contribution in [-0.4, -0.2) is 16.1 Å². The summed E-state index contributed by atoms with van der Waals surface area (Å²) in [6, 6.07) is 0. The molecule has 76 valence electrons. The van der Waals surface area contributed by atoms with Gasteiger partial charge in [0.15, 0.2) is 5.69 Å². The normalized spacial score (nSPS) is 10.6. The van der Waals surface area contributed by atoms with Gasteiger partial charge in [0.1, 0.15) is 0 Å². The van der Waals surface area contributed by atoms with Gasteiger partial charge in [-0.15, -0.1) is 0 Å². The third kappa shape index (κ3) is 1.74. The number of hydrogen-bond acceptors (Lipinski definition) is 3. The molecule has 0 radical (unpaired) electrons. The lowest BCUT2D eigenvalue weighted by molar-refractivity contribution is 0.0691. The summed E-state index contributed by atoms with van der Waals surface area (Å²) < 4.78 is 24.7. The lowest BCUT2D eigenvalue weighted by Gasteiger charge is -2.08. The molecule has 0 amide bonds. The quantitative estimate of drug-likeness (QED) is 0.802. The first kappa shape index (κ1) is 10.6. The van der Waals surface area contributed by atoms with Crippen molar-refractivity contribution < 1.29 is 18.7 Å². The molecule has 1 aromatic heterocycles. The van der Waals surface area contributed by atoms with Crippen molar-refractivity contribution in [3.63, 3.8) is 0 Å². The Bertz CT molecular complexity index is 384. The number of anilines is 1. The SMILES string of the molecule is Nc1c(C(=O)O)ncc(Cl)c1C(F)F. The van der Waals surface area contributed by atoms with Crippen LogP contribution >= 0.6 is 11.6 Å². The average molecular weight is 223 g/mol. The summed E-state index contributed by atoms with van der Waals surface area (Å²) in [6.45, 7) is 0. The number of carbonyl (C=O) groups is 1. The molecule has 1 aromatic rings. The van der Waals surface area contributed by atoms with Crippen molar-refractivity contribution in [3.8, 4) is 0 Å². The first-order chi connectivity index (χ1) is 6.45. The minimum atomic E-state index is -2.93. The van der Waals surface area contributed by atoms with E-state index in [1.807, 2.05) is 0 Å². The maximum Gasteiger partial charge on any atom is 0.356 e. The number of aromatic carboxylic acids is 1. The summed E-state index contributed by atoms with van der Waals surface area (Å²) in [5.41, 5.74) is 3.27. The summed E-state index contributed by atoms with van der Waals surface area (Å²) in [5.74, 6) is -1.47. The minimum Gasteiger partial charge on any atom is -0.476 e. The summed E-state index contributed by atoms with van der Waals surface area (Å²) >= 11 is 5.39. The van der Waals surface area contributed by atoms with Gasteiger partial charge in [0.05, 0.1) is 16.3 Å². The van der Waals surface area contributed by atoms with Crippen molar-refractivity contribution in [2.45, 2.75) is 6.43 Å². The monoisotopic (exact) mass is 222 g/mol. The van der Waals surface area contributed by atoms with Crippen molar-refractivity contribution in [1.29, 1.82) is 0 Å². The lowest BCUT2D eigenvalue weighted by atomic mass is 10.2. The van der Waals surface area contributed by atoms with Gasteiger partial charge in [0, 0.05) is 6.20 Å². The molecular weight excluding hydrogens is 218 g/mol. The Hall–Kier alpha value is -1.43. The molecule has 1 rings (SSSR count). The third-order valence-electron chi connectivity index (χ3n) is 1.53. The zero-order valence-corrected chi connectivity index (χ0v) is 7.42. The predicted octanol–water partition coefficient (Wildman–Crippen LogP) is 1.95. The summed E-state index contributed by atoms with van der Waals surface area (Å²) in [7, 11) is 0. The molecule has 0 aliphatic rings. The molecule has 0 fully saturated rings. The van der Waals surface area contributed by atoms with E-state index < -0.39 is 29.3 Å². The van der Waals surface area contributed by atoms with Gasteiger partial charge in [-0.3, -0.25) is 0 Å². The fraction of sp³-hybridized carbons (Fsp3) is 0.143. The molecule has 3 N–H and O–H groups in total. The number of alkyl halides is 2. The number of pyridine rings is 1. The fourth-order valence-corrected chi connectivity index (χ4v) is 1.14. The molecule has 7 heteroatoms. The number of nitrogen functional groups attached to an aromatic ring is 1. The van der Waals surface area contributed by atoms with Crippen LogP contribution < -0.4 is 5.73 Å². The number of carboxylic acids is 1. The van der Waals surface area contributed by atoms with Crippen LogP contribution in [-0.2, 0) is 0 Å². The van der Waals surface area contributed by atoms with Gasteiger partial charge in [-0.1, -0.05) is 11.6 Å². The van der Waals surface area contributed by atoms with Crippen LogP contribution in [0.3, 0.4) is 0 Å². The fourth-order valence-electron chi connectivity index (χ4n) is 0.909. The van der Waals surface area contributed by atoms with E-state index in [2.05, 4.69) is 4.98 Å². The molecule has 0 saturated carbocycles. The number of carboxylic acid groups (broad SMARTS) is 1. The molecular formula is C7H5ClF2N2O2. The van der Waals surface area contributed by atoms with Crippen LogP contribution in [0.5, 0.6) is 0 Å². The number of halogens is 3. The van der Waals surface area contributed by atoms with Crippen molar-refractivity contribution in [2.75, 3.05) is 5.73 Å². The molecule has 0 spiro atoms. The summed E-state index contributed by atoms with van der Waals surface area (Å²) in [5, 5.41) is 8.19. The second-order valence-corrected chi connectivity index (χ2v) is 2.80. The maximum absolute atomic E-state index is 12.3. The van der Waals surface area contributed by atoms with Gasteiger partial charge in [-0.05, 0) is 0 Å². The van der Waals surface area contributed by atoms with Crippen molar-refractivity contribution in [1.82, 2.24) is 4.98 Å². The molecule has 0 atom stereocenters. The third-order valence-corrected chi connectivity index (χ3v) is 1.83. The first-order valence-corrected chi connectivity index (χ1v) is 3.78. The molecule has 0 aromatic carbocycles. The average Bonchev–Trinajstić information content (AvgIpc) is 2.02. The van der Waals surface area contributed by atoms with Crippen LogP contribution in [0.25, 0.3) is 0 Å². The second-order valence-electron chi connectivity index (χ2n) is 2.39. The van der Waals surface area contributed by atoms with Gasteiger partial charge in [-0.25, -0.2) is 18.6 Å². The molecule has 4 nitrogen and oxygen atoms in total. The van der Waals surface area contributed by atoms with E-state index in [9.17, 15) is 13.6 Å². The Morgan fingerprint density at radius 1 is 1.64 bits per heavy atom. The second kappa shape index (κ2) is 3.75. The van der Waals surface area contributed by atoms with Gasteiger partial charge in [0.25, 0.3) is 6.43 Å². The molecule has 14 heavy (non-hydrogen) atoms. The smallest absolute Gasteiger partial charge is 0.356 e. The van der Waals surface area contributed by atoms with Crippen LogP contribution in [0, 0.1) is 0 Å². The zero-order valence-electron chi connectivity index (χ0n) is 6.67. The molecule has 0 aliphatic carbocycles. The predicted molar refractivity (Wildman–Crippen MR) is 45.6 cm³/mol. The number of aromatic nitrogens is 1. The van der Waals surface area contributed by atoms with Crippen molar-refractivity contribution >= 4 is 23.3 Å². The van der Waals surface area contributed by atoms with E-state index in [0.29, 0.717) is 0 Å². The standard InChI is InChI=1S/C7H5ClF2N2O2/c8-2-1-12-5(7(13)14)4(11)3(2)6(9)10/h1,6H,11H2,(H,13,14). The lowest BCUT2D eigenvalue weighted by Crippen LogP contribution is -2.09. The maximum atomic E-state index is 12.3. The Morgan fingerprint density at radius 2 is 2.21 bits per heavy atom. The summed E-state index contributed by atoms with van der Waals surface area (Å²) in [6.07, 6.45) is -2.09. The molecule has 0 saturated heterocycles. The topological polar surface area (TPSA) is 76.2 Å². The Morgan fingerprint density at radius 3 is 2.64 bits per heavy atom. The van der Waals surface area contributed by atoms with E-state index in [-0.39, 0.29) is 5.02 Å². The molecule has 0 unspecified atom stereocenters. The number of nitrogens with two attached hydrogens (primary N) is 1. The van der Waals surface area contributed by atoms with Crippen LogP contribution in [0.2, 0.25) is 5.02 Å². The number of rotatable bonds is 2. The molecule has 1 heterocycles. The van der Waals surface area contributed by atoms with E-state index in [1.165, 1.54) is 0 Å². The highest BCUT2D eigenvalue weighted by Gasteiger charge is 2.22. The number of nitrogens with zero attached hydrogens (tertiary/aromatic N) is 1. The first-order valence-electron chi connectivity index (χ1n) is 3.40. The molecule has 0 bridgehead atoms. The van der Waals surface area contributed by atoms with Gasteiger partial charge in [0.2, 0.25) is 0 Å². The van der Waals surface area contributed by atoms with Gasteiger partial charge < -0.3 is 10.8 Å². The van der Waals surface area contributed by atoms with E-state index in [1.54, 1.807) is 0 Å². The Kier molecular flexibility index (Phi) is 2.85. The highest BCUT2D eigenvalue weighted by Crippen LogP contribution is 2.32. The summed E-state index contributed by atoms with van der Waals surface area (Å²) in [4.78, 5) is 13.8. The largest absolute Gasteiger partial charge is 0.476 e. The highest BCUT2D eigenvalue weighted by atomic mass is 35.5. The van der Waals surface area contributed by atoms with E-state index in [0.717, 1.165) is 6.20 Å². The van der Waals surface area contributed by atoms with Gasteiger partial charge in [-0.2, -0.15) is 0 Å². The van der Waals surface area contributed by atoms with Crippen LogP contribution in [0.15, 0.2) is 6.20 Å². The number of hydrogen-bond donors (Lipinski definition) is 2. The van der Waals surface area contributed by atoms with E-state index in [4.69, 9.17) is 22.4 Å². The Balaban J connectivity index is 3.41. The van der Waals surface area contributed by atoms with Crippen molar-refractivity contribution in [3.05, 3.63) is 22.5 Å². The molecule has 0 aliphatic heterocycles. The zero-order chi connectivity index (χ0) is 10.9.